The van der Waals surface area contributed by atoms with E-state index in [1.807, 2.05) is 6.07 Å². The third-order valence-electron chi connectivity index (χ3n) is 2.37. The lowest BCUT2D eigenvalue weighted by Gasteiger charge is -2.25. The van der Waals surface area contributed by atoms with E-state index < -0.39 is 0 Å². The van der Waals surface area contributed by atoms with Crippen LogP contribution in [0.4, 0.5) is 0 Å². The zero-order valence-electron chi connectivity index (χ0n) is 9.98. The van der Waals surface area contributed by atoms with Gasteiger partial charge in [-0.1, -0.05) is 11.6 Å². The maximum atomic E-state index is 5.69. The normalized spacial score (nSPS) is 11.4. The largest absolute Gasteiger partial charge is 0.383 e. The van der Waals surface area contributed by atoms with Gasteiger partial charge in [-0.2, -0.15) is 5.10 Å². The second kappa shape index (κ2) is 6.78. The Kier molecular flexibility index (Phi) is 5.66. The van der Waals surface area contributed by atoms with E-state index in [1.54, 1.807) is 13.2 Å². The number of aromatic nitrogens is 2. The van der Waals surface area contributed by atoms with Crippen LogP contribution in [0.5, 0.6) is 0 Å². The fraction of sp³-hybridized carbons (Fsp3) is 0.636. The van der Waals surface area contributed by atoms with E-state index in [1.165, 1.54) is 0 Å². The fourth-order valence-corrected chi connectivity index (χ4v) is 1.47. The summed E-state index contributed by atoms with van der Waals surface area (Å²) in [5, 5.41) is 8.30. The topological polar surface area (TPSA) is 38.2 Å². The molecule has 0 N–H and O–H groups in total. The number of halogens is 1. The van der Waals surface area contributed by atoms with Gasteiger partial charge in [-0.15, -0.1) is 5.10 Å². The lowest BCUT2D eigenvalue weighted by atomic mass is 10.3. The second-order valence-corrected chi connectivity index (χ2v) is 4.29. The lowest BCUT2D eigenvalue weighted by molar-refractivity contribution is 0.124. The first-order chi connectivity index (χ1) is 7.63. The molecule has 0 aliphatic carbocycles. The van der Waals surface area contributed by atoms with Gasteiger partial charge in [0.1, 0.15) is 0 Å². The Hall–Kier alpha value is -0.710. The minimum absolute atomic E-state index is 0.428. The van der Waals surface area contributed by atoms with E-state index in [0.717, 1.165) is 25.4 Å². The van der Waals surface area contributed by atoms with Gasteiger partial charge in [0.2, 0.25) is 0 Å². The molecule has 0 aromatic carbocycles. The number of ether oxygens (including phenoxy) is 1. The van der Waals surface area contributed by atoms with Crippen molar-refractivity contribution in [2.24, 2.45) is 0 Å². The molecule has 0 saturated heterocycles. The van der Waals surface area contributed by atoms with Gasteiger partial charge in [0, 0.05) is 26.2 Å². The molecule has 1 aromatic heterocycles. The molecule has 0 aliphatic rings. The average Bonchev–Trinajstić information content (AvgIpc) is 2.26. The second-order valence-electron chi connectivity index (χ2n) is 3.90. The minimum atomic E-state index is 0.428. The molecule has 0 radical (unpaired) electrons. The monoisotopic (exact) mass is 243 g/mol. The number of methoxy groups -OCH3 is 1. The molecule has 0 spiro atoms. The van der Waals surface area contributed by atoms with Gasteiger partial charge in [-0.3, -0.25) is 4.90 Å². The van der Waals surface area contributed by atoms with Crippen molar-refractivity contribution in [2.45, 2.75) is 26.4 Å². The first-order valence-electron chi connectivity index (χ1n) is 5.34. The molecule has 16 heavy (non-hydrogen) atoms. The molecule has 0 atom stereocenters. The Morgan fingerprint density at radius 1 is 1.38 bits per heavy atom. The van der Waals surface area contributed by atoms with Crippen molar-refractivity contribution in [1.29, 1.82) is 0 Å². The predicted octanol–water partition coefficient (Wildman–Crippen LogP) is 1.99. The highest BCUT2D eigenvalue weighted by Gasteiger charge is 2.10. The summed E-state index contributed by atoms with van der Waals surface area (Å²) in [6, 6.07) is 4.11. The molecular formula is C11H18ClN3O. The van der Waals surface area contributed by atoms with Crippen molar-refractivity contribution < 1.29 is 4.74 Å². The molecule has 0 bridgehead atoms. The maximum Gasteiger partial charge on any atom is 0.151 e. The quantitative estimate of drug-likeness (QED) is 0.766. The van der Waals surface area contributed by atoms with E-state index in [9.17, 15) is 0 Å². The molecule has 0 amide bonds. The van der Waals surface area contributed by atoms with Crippen molar-refractivity contribution in [1.82, 2.24) is 15.1 Å². The molecule has 1 heterocycles. The first kappa shape index (κ1) is 13.4. The number of rotatable bonds is 6. The van der Waals surface area contributed by atoms with Crippen LogP contribution in [0.15, 0.2) is 12.1 Å². The summed E-state index contributed by atoms with van der Waals surface area (Å²) in [7, 11) is 1.71. The van der Waals surface area contributed by atoms with E-state index in [2.05, 4.69) is 28.9 Å². The van der Waals surface area contributed by atoms with Gasteiger partial charge < -0.3 is 4.74 Å². The summed E-state index contributed by atoms with van der Waals surface area (Å²) >= 11 is 5.69. The Bertz CT molecular complexity index is 303. The van der Waals surface area contributed by atoms with Crippen LogP contribution in [0.3, 0.4) is 0 Å². The van der Waals surface area contributed by atoms with E-state index in [4.69, 9.17) is 16.3 Å². The summed E-state index contributed by atoms with van der Waals surface area (Å²) in [4.78, 5) is 2.28. The molecule has 4 nitrogen and oxygen atoms in total. The highest BCUT2D eigenvalue weighted by atomic mass is 35.5. The van der Waals surface area contributed by atoms with Crippen LogP contribution in [0.1, 0.15) is 19.5 Å². The number of hydrogen-bond acceptors (Lipinski definition) is 4. The number of nitrogens with zero attached hydrogens (tertiary/aromatic N) is 3. The zero-order valence-corrected chi connectivity index (χ0v) is 10.7. The molecule has 1 aromatic rings. The van der Waals surface area contributed by atoms with Gasteiger partial charge >= 0.3 is 0 Å². The maximum absolute atomic E-state index is 5.69. The molecule has 1 rings (SSSR count). The molecule has 0 unspecified atom stereocenters. The van der Waals surface area contributed by atoms with Gasteiger partial charge in [0.15, 0.2) is 5.15 Å². The molecule has 0 saturated carbocycles. The van der Waals surface area contributed by atoms with Crippen molar-refractivity contribution in [3.8, 4) is 0 Å². The average molecular weight is 244 g/mol. The molecule has 5 heteroatoms. The molecular weight excluding hydrogens is 226 g/mol. The van der Waals surface area contributed by atoms with Crippen molar-refractivity contribution in [3.05, 3.63) is 23.0 Å². The third kappa shape index (κ3) is 4.43. The fourth-order valence-electron chi connectivity index (χ4n) is 1.36. The van der Waals surface area contributed by atoms with Crippen molar-refractivity contribution in [2.75, 3.05) is 20.3 Å². The van der Waals surface area contributed by atoms with Crippen LogP contribution in [-0.2, 0) is 11.3 Å². The summed E-state index contributed by atoms with van der Waals surface area (Å²) in [5.74, 6) is 0. The highest BCUT2D eigenvalue weighted by molar-refractivity contribution is 6.29. The molecule has 0 aliphatic heterocycles. The van der Waals surface area contributed by atoms with Crippen molar-refractivity contribution in [3.63, 3.8) is 0 Å². The molecule has 0 fully saturated rings. The molecule has 90 valence electrons. The van der Waals surface area contributed by atoms with Crippen LogP contribution < -0.4 is 0 Å². The van der Waals surface area contributed by atoms with Crippen LogP contribution >= 0.6 is 11.6 Å². The van der Waals surface area contributed by atoms with E-state index in [0.29, 0.717) is 11.2 Å². The predicted molar refractivity (Wildman–Crippen MR) is 64.5 cm³/mol. The minimum Gasteiger partial charge on any atom is -0.383 e. The Morgan fingerprint density at radius 2 is 2.12 bits per heavy atom. The third-order valence-corrected chi connectivity index (χ3v) is 2.57. The van der Waals surface area contributed by atoms with Gasteiger partial charge in [0.25, 0.3) is 0 Å². The summed E-state index contributed by atoms with van der Waals surface area (Å²) in [6.45, 7) is 6.68. The zero-order chi connectivity index (χ0) is 12.0. The van der Waals surface area contributed by atoms with Gasteiger partial charge in [-0.05, 0) is 26.0 Å². The Labute approximate surface area is 102 Å². The van der Waals surface area contributed by atoms with Gasteiger partial charge in [0.05, 0.1) is 12.3 Å². The van der Waals surface area contributed by atoms with Crippen molar-refractivity contribution >= 4 is 11.6 Å². The van der Waals surface area contributed by atoms with Crippen LogP contribution in [0.25, 0.3) is 0 Å². The smallest absolute Gasteiger partial charge is 0.151 e. The highest BCUT2D eigenvalue weighted by Crippen LogP contribution is 2.07. The number of hydrogen-bond donors (Lipinski definition) is 0. The van der Waals surface area contributed by atoms with E-state index in [-0.39, 0.29) is 0 Å². The van der Waals surface area contributed by atoms with Crippen LogP contribution in [-0.4, -0.2) is 41.4 Å². The van der Waals surface area contributed by atoms with Crippen LogP contribution in [0, 0.1) is 0 Å². The van der Waals surface area contributed by atoms with E-state index >= 15 is 0 Å². The summed E-state index contributed by atoms with van der Waals surface area (Å²) in [6.07, 6.45) is 0. The summed E-state index contributed by atoms with van der Waals surface area (Å²) < 4.78 is 5.08. The van der Waals surface area contributed by atoms with Crippen LogP contribution in [0.2, 0.25) is 5.15 Å². The Balaban J connectivity index is 2.57. The first-order valence-corrected chi connectivity index (χ1v) is 5.72. The lowest BCUT2D eigenvalue weighted by Crippen LogP contribution is -2.33. The summed E-state index contributed by atoms with van der Waals surface area (Å²) in [5.41, 5.74) is 0.925. The Morgan fingerprint density at radius 3 is 2.62 bits per heavy atom. The van der Waals surface area contributed by atoms with Gasteiger partial charge in [-0.25, -0.2) is 0 Å². The SMILES string of the molecule is COCCN(Cc1ccc(Cl)nn1)C(C)C. The standard InChI is InChI=1S/C11H18ClN3O/c1-9(2)15(6-7-16-3)8-10-4-5-11(12)14-13-10/h4-5,9H,6-8H2,1-3H3.